The third-order valence-corrected chi connectivity index (χ3v) is 4.38. The molecule has 182 valence electrons. The number of hydrogen-bond donors (Lipinski definition) is 6. The van der Waals surface area contributed by atoms with E-state index in [1.807, 2.05) is 0 Å². The molecule has 0 amide bonds. The summed E-state index contributed by atoms with van der Waals surface area (Å²) in [6.45, 7) is 2.60. The Morgan fingerprint density at radius 1 is 0.875 bits per heavy atom. The first-order chi connectivity index (χ1) is 15.3. The number of aliphatic imine (C=N–C) groups is 2. The normalized spacial score (nSPS) is 9.94. The Labute approximate surface area is 191 Å². The molecule has 0 bridgehead atoms. The molecule has 10 heteroatoms. The lowest BCUT2D eigenvalue weighted by Crippen LogP contribution is -2.22. The number of hydrogen-bond acceptors (Lipinski definition) is 5. The quantitative estimate of drug-likeness (QED) is 0.133. The molecule has 0 aliphatic rings. The molecule has 1 aromatic carbocycles. The van der Waals surface area contributed by atoms with Crippen LogP contribution in [0.5, 0.6) is 5.75 Å². The van der Waals surface area contributed by atoms with Gasteiger partial charge in [-0.25, -0.2) is 9.98 Å². The third kappa shape index (κ3) is 16.8. The van der Waals surface area contributed by atoms with Gasteiger partial charge >= 0.3 is 5.97 Å². The van der Waals surface area contributed by atoms with Crippen LogP contribution in [0.1, 0.15) is 71.1 Å². The van der Waals surface area contributed by atoms with E-state index >= 15 is 0 Å². The molecule has 0 aliphatic heterocycles. The van der Waals surface area contributed by atoms with E-state index in [9.17, 15) is 4.79 Å². The lowest BCUT2D eigenvalue weighted by molar-refractivity contribution is -0.135. The molecule has 0 aromatic heterocycles. The van der Waals surface area contributed by atoms with Crippen LogP contribution in [0.3, 0.4) is 0 Å². The Morgan fingerprint density at radius 2 is 1.38 bits per heavy atom. The molecule has 0 unspecified atom stereocenters. The molecule has 0 atom stereocenters. The summed E-state index contributed by atoms with van der Waals surface area (Å²) < 4.78 is 5.84. The molecular formula is C22H41N7O3. The van der Waals surface area contributed by atoms with Crippen LogP contribution in [-0.2, 0) is 4.79 Å². The van der Waals surface area contributed by atoms with Crippen molar-refractivity contribution in [2.24, 2.45) is 38.7 Å². The van der Waals surface area contributed by atoms with Crippen molar-refractivity contribution in [3.63, 3.8) is 0 Å². The highest BCUT2D eigenvalue weighted by molar-refractivity contribution is 5.82. The van der Waals surface area contributed by atoms with Crippen LogP contribution >= 0.6 is 0 Å². The fourth-order valence-corrected chi connectivity index (χ4v) is 2.84. The Kier molecular flexibility index (Phi) is 17.0. The fourth-order valence-electron chi connectivity index (χ4n) is 2.84. The zero-order valence-corrected chi connectivity index (χ0v) is 19.3. The molecule has 0 heterocycles. The van der Waals surface area contributed by atoms with Crippen LogP contribution in [0.25, 0.3) is 0 Å². The van der Waals surface area contributed by atoms with Crippen molar-refractivity contribution in [1.82, 2.24) is 0 Å². The van der Waals surface area contributed by atoms with Crippen LogP contribution in [0.15, 0.2) is 28.2 Å². The molecule has 0 radical (unpaired) electrons. The van der Waals surface area contributed by atoms with E-state index in [4.69, 9.17) is 32.8 Å². The van der Waals surface area contributed by atoms with E-state index in [1.54, 1.807) is 18.2 Å². The van der Waals surface area contributed by atoms with Gasteiger partial charge in [0.2, 0.25) is 0 Å². The minimum absolute atomic E-state index is 0.0234. The van der Waals surface area contributed by atoms with E-state index in [0.29, 0.717) is 23.7 Å². The number of nitrogens with zero attached hydrogens (tertiary/aromatic N) is 2. The average molecular weight is 452 g/mol. The highest BCUT2D eigenvalue weighted by atomic mass is 16.5. The van der Waals surface area contributed by atoms with Crippen molar-refractivity contribution in [2.75, 3.05) is 13.2 Å². The van der Waals surface area contributed by atoms with Gasteiger partial charge in [0.1, 0.15) is 11.4 Å². The molecule has 11 N–H and O–H groups in total. The Hall–Kier alpha value is -3.01. The standard InChI is InChI=1S/C20H36N6O.C2H5NO2/c1-2-3-4-5-6-7-8-9-10-11-14-27-18-13-12-16(25-19(21)22)15-17(18)26-20(23)24;3-1-2(4)5/h12-13,15H,2-11,14H2,1H3,(H4,21,22,25)(H4,23,24,26);1,3H2,(H,4,5). The van der Waals surface area contributed by atoms with Gasteiger partial charge in [-0.1, -0.05) is 64.7 Å². The summed E-state index contributed by atoms with van der Waals surface area (Å²) in [5.41, 5.74) is 27.5. The van der Waals surface area contributed by atoms with Crippen LogP contribution in [-0.4, -0.2) is 36.1 Å². The highest BCUT2D eigenvalue weighted by Crippen LogP contribution is 2.32. The van der Waals surface area contributed by atoms with Crippen molar-refractivity contribution in [2.45, 2.75) is 71.1 Å². The summed E-state index contributed by atoms with van der Waals surface area (Å²) in [6.07, 6.45) is 12.9. The summed E-state index contributed by atoms with van der Waals surface area (Å²) in [7, 11) is 0. The van der Waals surface area contributed by atoms with Crippen LogP contribution < -0.4 is 33.4 Å². The maximum Gasteiger partial charge on any atom is 0.317 e. The van der Waals surface area contributed by atoms with Gasteiger partial charge in [0.05, 0.1) is 18.8 Å². The smallest absolute Gasteiger partial charge is 0.317 e. The molecule has 1 aromatic rings. The van der Waals surface area contributed by atoms with E-state index < -0.39 is 5.97 Å². The van der Waals surface area contributed by atoms with Crippen molar-refractivity contribution in [3.05, 3.63) is 18.2 Å². The molecule has 32 heavy (non-hydrogen) atoms. The van der Waals surface area contributed by atoms with E-state index in [0.717, 1.165) is 6.42 Å². The number of carbonyl (C=O) groups is 1. The second kappa shape index (κ2) is 18.7. The first-order valence-electron chi connectivity index (χ1n) is 11.2. The Balaban J connectivity index is 0.00000172. The lowest BCUT2D eigenvalue weighted by Gasteiger charge is -2.10. The van der Waals surface area contributed by atoms with E-state index in [1.165, 1.54) is 57.8 Å². The van der Waals surface area contributed by atoms with Gasteiger partial charge in [-0.05, 0) is 24.6 Å². The number of rotatable bonds is 15. The monoisotopic (exact) mass is 451 g/mol. The summed E-state index contributed by atoms with van der Waals surface area (Å²) in [5, 5.41) is 7.60. The SMILES string of the molecule is CCCCCCCCCCCCOc1ccc(N=C(N)N)cc1N=C(N)N.NCC(=O)O. The first-order valence-corrected chi connectivity index (χ1v) is 11.2. The molecule has 10 nitrogen and oxygen atoms in total. The van der Waals surface area contributed by atoms with Gasteiger partial charge in [-0.2, -0.15) is 0 Å². The second-order valence-electron chi connectivity index (χ2n) is 7.35. The first kappa shape index (κ1) is 29.0. The number of aliphatic carboxylic acids is 1. The predicted molar refractivity (Wildman–Crippen MR) is 131 cm³/mol. The Morgan fingerprint density at radius 3 is 1.84 bits per heavy atom. The number of unbranched alkanes of at least 4 members (excludes halogenated alkanes) is 9. The number of benzene rings is 1. The van der Waals surface area contributed by atoms with Crippen molar-refractivity contribution in [3.8, 4) is 5.75 Å². The number of carboxylic acids is 1. The van der Waals surface area contributed by atoms with Crippen molar-refractivity contribution in [1.29, 1.82) is 0 Å². The van der Waals surface area contributed by atoms with Crippen molar-refractivity contribution < 1.29 is 14.6 Å². The summed E-state index contributed by atoms with van der Waals surface area (Å²) in [5.74, 6) is -0.413. The molecule has 0 saturated carbocycles. The zero-order valence-electron chi connectivity index (χ0n) is 19.3. The van der Waals surface area contributed by atoms with Gasteiger partial charge in [0.15, 0.2) is 11.9 Å². The summed E-state index contributed by atoms with van der Waals surface area (Å²) in [4.78, 5) is 17.3. The minimum Gasteiger partial charge on any atom is -0.491 e. The number of carboxylic acid groups (broad SMARTS) is 1. The van der Waals surface area contributed by atoms with Gasteiger partial charge in [-0.3, -0.25) is 4.79 Å². The van der Waals surface area contributed by atoms with Gasteiger partial charge in [-0.15, -0.1) is 0 Å². The molecule has 0 spiro atoms. The zero-order chi connectivity index (χ0) is 24.2. The molecular weight excluding hydrogens is 410 g/mol. The van der Waals surface area contributed by atoms with E-state index in [-0.39, 0.29) is 18.5 Å². The lowest BCUT2D eigenvalue weighted by atomic mass is 10.1. The fraction of sp³-hybridized carbons (Fsp3) is 0.591. The van der Waals surface area contributed by atoms with Gasteiger partial charge in [0, 0.05) is 0 Å². The van der Waals surface area contributed by atoms with Gasteiger partial charge < -0.3 is 38.5 Å². The highest BCUT2D eigenvalue weighted by Gasteiger charge is 2.05. The number of guanidine groups is 2. The van der Waals surface area contributed by atoms with Crippen LogP contribution in [0.4, 0.5) is 11.4 Å². The largest absolute Gasteiger partial charge is 0.491 e. The van der Waals surface area contributed by atoms with Crippen LogP contribution in [0.2, 0.25) is 0 Å². The number of nitrogens with two attached hydrogens (primary N) is 5. The second-order valence-corrected chi connectivity index (χ2v) is 7.35. The third-order valence-electron chi connectivity index (χ3n) is 4.38. The topological polar surface area (TPSA) is 201 Å². The maximum absolute atomic E-state index is 9.24. The Bertz CT molecular complexity index is 701. The minimum atomic E-state index is -0.968. The van der Waals surface area contributed by atoms with Crippen LogP contribution in [0, 0.1) is 0 Å². The average Bonchev–Trinajstić information content (AvgIpc) is 2.73. The van der Waals surface area contributed by atoms with E-state index in [2.05, 4.69) is 22.6 Å². The summed E-state index contributed by atoms with van der Waals surface area (Å²) in [6, 6.07) is 5.23. The molecule has 0 saturated heterocycles. The molecule has 1 rings (SSSR count). The maximum atomic E-state index is 9.24. The van der Waals surface area contributed by atoms with Gasteiger partial charge in [0.25, 0.3) is 0 Å². The molecule has 0 fully saturated rings. The molecule has 0 aliphatic carbocycles. The predicted octanol–water partition coefficient (Wildman–Crippen LogP) is 2.83. The number of ether oxygens (including phenoxy) is 1. The summed E-state index contributed by atoms with van der Waals surface area (Å²) >= 11 is 0. The van der Waals surface area contributed by atoms with Crippen molar-refractivity contribution >= 4 is 29.3 Å².